The van der Waals surface area contributed by atoms with Gasteiger partial charge >= 0.3 is 0 Å². The Kier molecular flexibility index (Phi) is 4.59. The van der Waals surface area contributed by atoms with Crippen LogP contribution in [0.5, 0.6) is 5.75 Å². The van der Waals surface area contributed by atoms with Gasteiger partial charge in [-0.15, -0.1) is 0 Å². The maximum atomic E-state index is 9.92. The Bertz CT molecular complexity index is 675. The van der Waals surface area contributed by atoms with Crippen LogP contribution in [0.15, 0.2) is 47.5 Å². The summed E-state index contributed by atoms with van der Waals surface area (Å²) in [4.78, 5) is 4.27. The van der Waals surface area contributed by atoms with Gasteiger partial charge in [-0.3, -0.25) is 4.99 Å². The van der Waals surface area contributed by atoms with Crippen LogP contribution in [0.1, 0.15) is 16.7 Å². The number of halogens is 1. The summed E-state index contributed by atoms with van der Waals surface area (Å²) < 4.78 is 0. The van der Waals surface area contributed by atoms with E-state index in [2.05, 4.69) is 4.99 Å². The number of phenolic OH excluding ortho intramolecular Hbond substituents is 1. The first-order valence-electron chi connectivity index (χ1n) is 6.33. The van der Waals surface area contributed by atoms with Crippen molar-refractivity contribution >= 4 is 29.6 Å². The molecule has 0 fully saturated rings. The van der Waals surface area contributed by atoms with Gasteiger partial charge in [0.25, 0.3) is 0 Å². The Morgan fingerprint density at radius 1 is 1.15 bits per heavy atom. The number of allylic oxidation sites excluding steroid dienone is 1. The Hall–Kier alpha value is -2.06. The molecule has 2 rings (SSSR count). The molecular weight excluding hydrogens is 270 g/mol. The second-order valence-corrected chi connectivity index (χ2v) is 5.02. The van der Waals surface area contributed by atoms with Gasteiger partial charge < -0.3 is 5.11 Å². The Labute approximate surface area is 124 Å². The molecule has 0 aromatic heterocycles. The summed E-state index contributed by atoms with van der Waals surface area (Å²) in [7, 11) is 0. The molecule has 0 spiro atoms. The quantitative estimate of drug-likeness (QED) is 0.784. The van der Waals surface area contributed by atoms with E-state index in [4.69, 9.17) is 11.6 Å². The minimum atomic E-state index is 0.220. The molecule has 0 atom stereocenters. The van der Waals surface area contributed by atoms with Crippen molar-refractivity contribution in [3.05, 3.63) is 64.2 Å². The van der Waals surface area contributed by atoms with E-state index in [0.717, 1.165) is 16.7 Å². The average molecular weight is 286 g/mol. The topological polar surface area (TPSA) is 32.6 Å². The van der Waals surface area contributed by atoms with E-state index in [0.29, 0.717) is 10.7 Å². The van der Waals surface area contributed by atoms with Crippen LogP contribution < -0.4 is 0 Å². The summed E-state index contributed by atoms with van der Waals surface area (Å²) in [5, 5.41) is 10.6. The number of aromatic hydroxyl groups is 1. The zero-order valence-electron chi connectivity index (χ0n) is 11.5. The number of hydrogen-bond donors (Lipinski definition) is 1. The highest BCUT2D eigenvalue weighted by Gasteiger charge is 2.02. The predicted octanol–water partition coefficient (Wildman–Crippen LogP) is 5.08. The second-order valence-electron chi connectivity index (χ2n) is 4.61. The molecule has 0 heterocycles. The molecule has 0 aliphatic carbocycles. The Morgan fingerprint density at radius 3 is 2.65 bits per heavy atom. The summed E-state index contributed by atoms with van der Waals surface area (Å²) in [6, 6.07) is 11.4. The molecule has 0 bridgehead atoms. The molecule has 0 saturated heterocycles. The van der Waals surface area contributed by atoms with E-state index in [1.807, 2.05) is 56.3 Å². The molecule has 2 aromatic carbocycles. The van der Waals surface area contributed by atoms with E-state index < -0.39 is 0 Å². The van der Waals surface area contributed by atoms with Crippen LogP contribution in [-0.4, -0.2) is 11.3 Å². The third-order valence-corrected chi connectivity index (χ3v) is 3.25. The molecule has 0 aliphatic heterocycles. The van der Waals surface area contributed by atoms with E-state index in [-0.39, 0.29) is 5.75 Å². The first-order valence-corrected chi connectivity index (χ1v) is 6.71. The molecule has 2 aromatic rings. The van der Waals surface area contributed by atoms with Crippen molar-refractivity contribution in [2.24, 2.45) is 4.99 Å². The monoisotopic (exact) mass is 285 g/mol. The molecular formula is C17H16ClNO. The summed E-state index contributed by atoms with van der Waals surface area (Å²) in [5.74, 6) is 0.220. The highest BCUT2D eigenvalue weighted by molar-refractivity contribution is 6.32. The third kappa shape index (κ3) is 3.49. The Morgan fingerprint density at radius 2 is 1.90 bits per heavy atom. The van der Waals surface area contributed by atoms with Crippen LogP contribution in [0.3, 0.4) is 0 Å². The average Bonchev–Trinajstić information content (AvgIpc) is 2.41. The molecule has 0 unspecified atom stereocenters. The zero-order chi connectivity index (χ0) is 14.5. The normalized spacial score (nSPS) is 11.6. The SMILES string of the molecule is Cc1cc(C)c(O)c(N=CC=Cc2ccccc2Cl)c1. The van der Waals surface area contributed by atoms with Gasteiger partial charge in [-0.2, -0.15) is 0 Å². The lowest BCUT2D eigenvalue weighted by atomic mass is 10.1. The van der Waals surface area contributed by atoms with Gasteiger partial charge in [0.1, 0.15) is 11.4 Å². The van der Waals surface area contributed by atoms with Crippen LogP contribution in [0.25, 0.3) is 6.08 Å². The second kappa shape index (κ2) is 6.40. The van der Waals surface area contributed by atoms with E-state index in [1.165, 1.54) is 0 Å². The van der Waals surface area contributed by atoms with Crippen molar-refractivity contribution in [1.29, 1.82) is 0 Å². The molecule has 20 heavy (non-hydrogen) atoms. The molecule has 0 amide bonds. The van der Waals surface area contributed by atoms with Gasteiger partial charge in [0.15, 0.2) is 0 Å². The largest absolute Gasteiger partial charge is 0.505 e. The fraction of sp³-hybridized carbons (Fsp3) is 0.118. The predicted molar refractivity (Wildman–Crippen MR) is 86.2 cm³/mol. The highest BCUT2D eigenvalue weighted by Crippen LogP contribution is 2.30. The Balaban J connectivity index is 2.17. The van der Waals surface area contributed by atoms with Gasteiger partial charge in [-0.25, -0.2) is 0 Å². The molecule has 3 heteroatoms. The summed E-state index contributed by atoms with van der Waals surface area (Å²) >= 11 is 6.05. The van der Waals surface area contributed by atoms with Gasteiger partial charge in [-0.05, 0) is 48.7 Å². The minimum absolute atomic E-state index is 0.220. The molecule has 0 saturated carbocycles. The number of nitrogens with zero attached hydrogens (tertiary/aromatic N) is 1. The van der Waals surface area contributed by atoms with Gasteiger partial charge in [0.2, 0.25) is 0 Å². The van der Waals surface area contributed by atoms with E-state index in [9.17, 15) is 5.11 Å². The van der Waals surface area contributed by atoms with Gasteiger partial charge in [-0.1, -0.05) is 41.9 Å². The van der Waals surface area contributed by atoms with Crippen molar-refractivity contribution in [2.75, 3.05) is 0 Å². The fourth-order valence-electron chi connectivity index (χ4n) is 1.92. The van der Waals surface area contributed by atoms with Crippen molar-refractivity contribution in [1.82, 2.24) is 0 Å². The number of aryl methyl sites for hydroxylation is 2. The van der Waals surface area contributed by atoms with E-state index >= 15 is 0 Å². The standard InChI is InChI=1S/C17H16ClNO/c1-12-10-13(2)17(20)16(11-12)19-9-5-7-14-6-3-4-8-15(14)18/h3-11,20H,1-2H3. The maximum Gasteiger partial charge on any atom is 0.144 e. The summed E-state index contributed by atoms with van der Waals surface area (Å²) in [6.45, 7) is 3.84. The van der Waals surface area contributed by atoms with Gasteiger partial charge in [0.05, 0.1) is 0 Å². The first kappa shape index (κ1) is 14.4. The van der Waals surface area contributed by atoms with Crippen molar-refractivity contribution in [3.63, 3.8) is 0 Å². The molecule has 0 aliphatic rings. The molecule has 0 radical (unpaired) electrons. The molecule has 102 valence electrons. The van der Waals surface area contributed by atoms with Crippen molar-refractivity contribution in [2.45, 2.75) is 13.8 Å². The van der Waals surface area contributed by atoms with E-state index in [1.54, 1.807) is 12.3 Å². The smallest absolute Gasteiger partial charge is 0.144 e. The molecule has 2 nitrogen and oxygen atoms in total. The number of hydrogen-bond acceptors (Lipinski definition) is 2. The van der Waals surface area contributed by atoms with Gasteiger partial charge in [0, 0.05) is 11.2 Å². The van der Waals surface area contributed by atoms with Crippen LogP contribution >= 0.6 is 11.6 Å². The van der Waals surface area contributed by atoms with Crippen LogP contribution in [-0.2, 0) is 0 Å². The zero-order valence-corrected chi connectivity index (χ0v) is 12.2. The number of aliphatic imine (C=N–C) groups is 1. The van der Waals surface area contributed by atoms with Crippen LogP contribution in [0.2, 0.25) is 5.02 Å². The number of rotatable bonds is 3. The number of phenols is 1. The number of benzene rings is 2. The first-order chi connectivity index (χ1) is 9.58. The third-order valence-electron chi connectivity index (χ3n) is 2.91. The van der Waals surface area contributed by atoms with Crippen LogP contribution in [0.4, 0.5) is 5.69 Å². The fourth-order valence-corrected chi connectivity index (χ4v) is 2.11. The lowest BCUT2D eigenvalue weighted by Crippen LogP contribution is -1.80. The van der Waals surface area contributed by atoms with Crippen molar-refractivity contribution in [3.8, 4) is 5.75 Å². The molecule has 1 N–H and O–H groups in total. The van der Waals surface area contributed by atoms with Crippen LogP contribution in [0, 0.1) is 13.8 Å². The lowest BCUT2D eigenvalue weighted by Gasteiger charge is -2.03. The van der Waals surface area contributed by atoms with Crippen molar-refractivity contribution < 1.29 is 5.11 Å². The minimum Gasteiger partial charge on any atom is -0.505 e. The summed E-state index contributed by atoms with van der Waals surface area (Å²) in [5.41, 5.74) is 3.41. The summed E-state index contributed by atoms with van der Waals surface area (Å²) in [6.07, 6.45) is 5.33. The lowest BCUT2D eigenvalue weighted by molar-refractivity contribution is 0.472. The maximum absolute atomic E-state index is 9.92. The highest BCUT2D eigenvalue weighted by atomic mass is 35.5.